The maximum absolute atomic E-state index is 11.0. The summed E-state index contributed by atoms with van der Waals surface area (Å²) in [4.78, 5) is 15.0. The number of fused-ring (bicyclic) bond motifs is 3. The Morgan fingerprint density at radius 2 is 1.78 bits per heavy atom. The zero-order chi connectivity index (χ0) is 25.6. The number of ether oxygens (including phenoxy) is 1. The molecule has 4 saturated carbocycles. The molecule has 2 bridgehead atoms. The van der Waals surface area contributed by atoms with Crippen LogP contribution in [0.25, 0.3) is 11.3 Å². The summed E-state index contributed by atoms with van der Waals surface area (Å²) < 4.78 is 12.5. The van der Waals surface area contributed by atoms with Gasteiger partial charge in [-0.2, -0.15) is 0 Å². The van der Waals surface area contributed by atoms with Gasteiger partial charge in [-0.3, -0.25) is 4.98 Å². The molecule has 0 saturated heterocycles. The number of aromatic carboxylic acids is 1. The summed E-state index contributed by atoms with van der Waals surface area (Å²) in [5.41, 5.74) is 2.32. The molecule has 3 heterocycles. The van der Waals surface area contributed by atoms with Crippen LogP contribution >= 0.6 is 23.2 Å². The molecule has 0 aromatic carbocycles. The second kappa shape index (κ2) is 9.39. The average molecular weight is 539 g/mol. The van der Waals surface area contributed by atoms with E-state index < -0.39 is 5.97 Å². The fourth-order valence-corrected chi connectivity index (χ4v) is 6.00. The van der Waals surface area contributed by atoms with Crippen LogP contribution in [-0.2, 0) is 11.3 Å². The van der Waals surface area contributed by atoms with Crippen LogP contribution in [0.2, 0.25) is 10.0 Å². The van der Waals surface area contributed by atoms with E-state index >= 15 is 0 Å². The molecule has 0 aliphatic heterocycles. The van der Waals surface area contributed by atoms with Crippen molar-refractivity contribution >= 4 is 29.2 Å². The van der Waals surface area contributed by atoms with Gasteiger partial charge >= 0.3 is 5.97 Å². The Morgan fingerprint density at radius 1 is 1.08 bits per heavy atom. The Morgan fingerprint density at radius 3 is 2.38 bits per heavy atom. The first-order valence-electron chi connectivity index (χ1n) is 12.4. The lowest BCUT2D eigenvalue weighted by molar-refractivity contribution is -0.131. The molecule has 0 spiro atoms. The van der Waals surface area contributed by atoms with E-state index in [-0.39, 0.29) is 16.7 Å². The van der Waals surface area contributed by atoms with Crippen LogP contribution in [0.15, 0.2) is 29.0 Å². The van der Waals surface area contributed by atoms with Crippen LogP contribution < -0.4 is 0 Å². The van der Waals surface area contributed by atoms with E-state index in [0.29, 0.717) is 39.5 Å². The molecule has 10 heteroatoms. The van der Waals surface area contributed by atoms with Crippen molar-refractivity contribution in [2.75, 3.05) is 0 Å². The van der Waals surface area contributed by atoms with Crippen LogP contribution in [0.1, 0.15) is 84.8 Å². The molecule has 8 nitrogen and oxygen atoms in total. The lowest BCUT2D eigenvalue weighted by Gasteiger charge is -2.51. The molecule has 37 heavy (non-hydrogen) atoms. The molecule has 1 N–H and O–H groups in total. The molecule has 0 radical (unpaired) electrons. The number of carboxylic acids is 1. The minimum Gasteiger partial charge on any atom is -0.476 e. The summed E-state index contributed by atoms with van der Waals surface area (Å²) in [6.07, 6.45) is 10.9. The summed E-state index contributed by atoms with van der Waals surface area (Å²) in [5.74, 6) is 6.69. The Hall–Kier alpha value is -2.99. The van der Waals surface area contributed by atoms with Crippen LogP contribution in [-0.4, -0.2) is 37.0 Å². The van der Waals surface area contributed by atoms with Crippen LogP contribution in [0, 0.1) is 17.3 Å². The zero-order valence-electron chi connectivity index (χ0n) is 20.0. The van der Waals surface area contributed by atoms with Crippen molar-refractivity contribution in [1.29, 1.82) is 0 Å². The molecule has 7 rings (SSSR count). The fourth-order valence-electron chi connectivity index (χ4n) is 5.45. The highest BCUT2D eigenvalue weighted by atomic mass is 35.5. The molecule has 4 aliphatic carbocycles. The van der Waals surface area contributed by atoms with Crippen molar-refractivity contribution < 1.29 is 19.2 Å². The van der Waals surface area contributed by atoms with E-state index in [9.17, 15) is 4.79 Å². The lowest BCUT2D eigenvalue weighted by Crippen LogP contribution is -2.47. The number of hydrogen-bond acceptors (Lipinski definition) is 7. The maximum atomic E-state index is 11.0. The average Bonchev–Trinajstić information content (AvgIpc) is 3.68. The molecule has 0 atom stereocenters. The van der Waals surface area contributed by atoms with Gasteiger partial charge in [0.25, 0.3) is 0 Å². The second-order valence-electron chi connectivity index (χ2n) is 10.2. The van der Waals surface area contributed by atoms with Gasteiger partial charge in [0.15, 0.2) is 5.69 Å². The predicted octanol–water partition coefficient (Wildman–Crippen LogP) is 6.07. The Balaban J connectivity index is 1.17. The van der Waals surface area contributed by atoms with Gasteiger partial charge in [-0.1, -0.05) is 34.3 Å². The van der Waals surface area contributed by atoms with Gasteiger partial charge in [-0.25, -0.2) is 4.79 Å². The lowest BCUT2D eigenvalue weighted by atomic mass is 9.59. The summed E-state index contributed by atoms with van der Waals surface area (Å²) in [6, 6.07) is 3.03. The third-order valence-corrected chi connectivity index (χ3v) is 8.47. The number of aromatic nitrogens is 4. The van der Waals surface area contributed by atoms with Gasteiger partial charge in [0.1, 0.15) is 17.1 Å². The molecular formula is C27H24Cl2N4O4. The highest BCUT2D eigenvalue weighted by Crippen LogP contribution is 2.54. The highest BCUT2D eigenvalue weighted by molar-refractivity contribution is 6.38. The van der Waals surface area contributed by atoms with E-state index in [4.69, 9.17) is 37.6 Å². The summed E-state index contributed by atoms with van der Waals surface area (Å²) in [7, 11) is 0. The monoisotopic (exact) mass is 538 g/mol. The molecule has 3 aromatic rings. The van der Waals surface area contributed by atoms with Gasteiger partial charge in [0, 0.05) is 34.9 Å². The van der Waals surface area contributed by atoms with Crippen LogP contribution in [0.4, 0.5) is 0 Å². The number of rotatable bonds is 6. The molecule has 190 valence electrons. The van der Waals surface area contributed by atoms with Crippen molar-refractivity contribution in [3.63, 3.8) is 0 Å². The standard InChI is InChI=1S/C27H24Cl2N4O4/c28-19-13-30-14-20(29)22(19)23-18(24(37-33-23)16-1-2-16)15-36-27-10-7-26(8-11-27,9-12-27)6-5-17-3-4-21(25(34)35)32-31-17/h3-4,13-14,16H,1-2,7-12,15H2,(H,34,35). The van der Waals surface area contributed by atoms with E-state index in [2.05, 4.69) is 32.2 Å². The summed E-state index contributed by atoms with van der Waals surface area (Å²) in [6.45, 7) is 0.393. The molecule has 3 aromatic heterocycles. The first-order chi connectivity index (χ1) is 17.9. The minimum atomic E-state index is -1.10. The van der Waals surface area contributed by atoms with Crippen LogP contribution in [0.5, 0.6) is 0 Å². The van der Waals surface area contributed by atoms with Crippen molar-refractivity contribution in [3.05, 3.63) is 57.3 Å². The number of nitrogens with zero attached hydrogens (tertiary/aromatic N) is 4. The summed E-state index contributed by atoms with van der Waals surface area (Å²) in [5, 5.41) is 21.9. The third kappa shape index (κ3) is 4.72. The Labute approximate surface area is 223 Å². The van der Waals surface area contributed by atoms with Crippen molar-refractivity contribution in [3.8, 4) is 23.1 Å². The zero-order valence-corrected chi connectivity index (χ0v) is 21.5. The largest absolute Gasteiger partial charge is 0.476 e. The maximum Gasteiger partial charge on any atom is 0.356 e. The van der Waals surface area contributed by atoms with E-state index in [1.54, 1.807) is 18.5 Å². The number of hydrogen-bond donors (Lipinski definition) is 1. The van der Waals surface area contributed by atoms with Gasteiger partial charge in [-0.05, 0) is 69.4 Å². The number of halogens is 2. The first-order valence-corrected chi connectivity index (χ1v) is 13.1. The predicted molar refractivity (Wildman–Crippen MR) is 135 cm³/mol. The molecule has 4 aliphatic rings. The van der Waals surface area contributed by atoms with E-state index in [0.717, 1.165) is 62.7 Å². The normalized spacial score (nSPS) is 24.5. The number of carboxylic acid groups (broad SMARTS) is 1. The molecule has 0 amide bonds. The van der Waals surface area contributed by atoms with Crippen molar-refractivity contribution in [2.24, 2.45) is 5.41 Å². The Bertz CT molecular complexity index is 1380. The third-order valence-electron chi connectivity index (χ3n) is 7.90. The topological polar surface area (TPSA) is 111 Å². The van der Waals surface area contributed by atoms with E-state index in [1.807, 2.05) is 0 Å². The smallest absolute Gasteiger partial charge is 0.356 e. The van der Waals surface area contributed by atoms with Gasteiger partial charge < -0.3 is 14.4 Å². The number of pyridine rings is 1. The molecular weight excluding hydrogens is 515 g/mol. The molecule has 0 unspecified atom stereocenters. The minimum absolute atomic E-state index is 0.0715. The SMILES string of the molecule is O=C(O)c1ccc(C#CC23CCC(OCc4c(-c5c(Cl)cncc5Cl)noc4C4CC4)(CC2)CC3)nn1. The van der Waals surface area contributed by atoms with Gasteiger partial charge in [0.2, 0.25) is 0 Å². The fraction of sp³-hybridized carbons (Fsp3) is 0.444. The van der Waals surface area contributed by atoms with Gasteiger partial charge in [0.05, 0.1) is 22.3 Å². The number of carbonyl (C=O) groups is 1. The summed E-state index contributed by atoms with van der Waals surface area (Å²) >= 11 is 12.9. The van der Waals surface area contributed by atoms with Crippen molar-refractivity contribution in [2.45, 2.75) is 69.5 Å². The molecule has 4 fully saturated rings. The highest BCUT2D eigenvalue weighted by Gasteiger charge is 2.49. The van der Waals surface area contributed by atoms with E-state index in [1.165, 1.54) is 6.07 Å². The Kier molecular flexibility index (Phi) is 6.18. The van der Waals surface area contributed by atoms with Crippen molar-refractivity contribution in [1.82, 2.24) is 20.3 Å². The quantitative estimate of drug-likeness (QED) is 0.376. The van der Waals surface area contributed by atoms with Crippen LogP contribution in [0.3, 0.4) is 0 Å². The second-order valence-corrected chi connectivity index (χ2v) is 11.1. The van der Waals surface area contributed by atoms with Gasteiger partial charge in [-0.15, -0.1) is 10.2 Å². The first kappa shape index (κ1) is 24.4.